The van der Waals surface area contributed by atoms with E-state index in [1.54, 1.807) is 26.5 Å². The van der Waals surface area contributed by atoms with Crippen LogP contribution >= 0.6 is 20.3 Å². The van der Waals surface area contributed by atoms with Crippen LogP contribution in [0.4, 0.5) is 0 Å². The Bertz CT molecular complexity index is 1910. The number of methoxy groups -OCH3 is 2. The molecule has 3 aromatic carbocycles. The fourth-order valence-corrected chi connectivity index (χ4v) is 9.18. The second kappa shape index (κ2) is 20.7. The molecule has 0 spiro atoms. The fraction of sp³-hybridized carbons (Fsp3) is 0.429. The Morgan fingerprint density at radius 3 is 2.02 bits per heavy atom. The number of hydrogen-bond acceptors (Lipinski definition) is 12. The molecule has 0 amide bonds. The van der Waals surface area contributed by atoms with Crippen LogP contribution in [0.5, 0.6) is 11.5 Å². The van der Waals surface area contributed by atoms with Crippen molar-refractivity contribution in [1.29, 1.82) is 10.5 Å². The van der Waals surface area contributed by atoms with Crippen molar-refractivity contribution in [2.75, 3.05) is 33.2 Å². The van der Waals surface area contributed by atoms with Gasteiger partial charge in [-0.25, -0.2) is 9.46 Å². The maximum atomic E-state index is 13.5. The van der Waals surface area contributed by atoms with E-state index in [0.29, 0.717) is 35.1 Å². The van der Waals surface area contributed by atoms with Crippen molar-refractivity contribution in [3.63, 3.8) is 0 Å². The van der Waals surface area contributed by atoms with Crippen molar-refractivity contribution < 1.29 is 28.0 Å². The summed E-state index contributed by atoms with van der Waals surface area (Å²) in [6.07, 6.45) is 0.589. The van der Waals surface area contributed by atoms with E-state index in [2.05, 4.69) is 49.5 Å². The van der Waals surface area contributed by atoms with Gasteiger partial charge in [-0.05, 0) is 74.7 Å². The summed E-state index contributed by atoms with van der Waals surface area (Å²) in [6.45, 7) is 8.60. The second-order valence-electron chi connectivity index (χ2n) is 13.6. The van der Waals surface area contributed by atoms with E-state index in [1.165, 1.54) is 16.3 Å². The van der Waals surface area contributed by atoms with E-state index >= 15 is 0 Å². The van der Waals surface area contributed by atoms with Gasteiger partial charge in [0.15, 0.2) is 0 Å². The monoisotopic (exact) mass is 799 g/mol. The quantitative estimate of drug-likeness (QED) is 0.0280. The van der Waals surface area contributed by atoms with Crippen molar-refractivity contribution in [2.24, 2.45) is 0 Å². The van der Waals surface area contributed by atoms with Crippen molar-refractivity contribution in [2.45, 2.75) is 88.1 Å². The van der Waals surface area contributed by atoms with Gasteiger partial charge in [-0.2, -0.15) is 15.5 Å². The van der Waals surface area contributed by atoms with Crippen LogP contribution in [0.15, 0.2) is 101 Å². The maximum absolute atomic E-state index is 13.5. The first-order chi connectivity index (χ1) is 27.1. The Balaban J connectivity index is 1.57. The van der Waals surface area contributed by atoms with E-state index < -0.39 is 38.3 Å². The molecule has 14 heteroatoms. The Kier molecular flexibility index (Phi) is 15.9. The molecule has 296 valence electrons. The first-order valence-corrected chi connectivity index (χ1v) is 20.7. The molecule has 0 aliphatic carbocycles. The van der Waals surface area contributed by atoms with E-state index in [0.717, 1.165) is 16.7 Å². The van der Waals surface area contributed by atoms with Crippen LogP contribution in [0, 0.1) is 22.7 Å². The smallest absolute Gasteiger partial charge is 0.350 e. The predicted molar refractivity (Wildman–Crippen MR) is 216 cm³/mol. The highest BCUT2D eigenvalue weighted by atomic mass is 32.2. The lowest BCUT2D eigenvalue weighted by Gasteiger charge is -2.39. The Labute approximate surface area is 335 Å². The third-order valence-electron chi connectivity index (χ3n) is 9.28. The molecule has 1 unspecified atom stereocenters. The molecule has 4 atom stereocenters. The molecule has 4 aromatic rings. The number of ether oxygens (including phenoxy) is 4. The van der Waals surface area contributed by atoms with Crippen LogP contribution in [-0.4, -0.2) is 71.7 Å². The van der Waals surface area contributed by atoms with Crippen molar-refractivity contribution in [1.82, 2.24) is 14.2 Å². The highest BCUT2D eigenvalue weighted by molar-refractivity contribution is 7.99. The summed E-state index contributed by atoms with van der Waals surface area (Å²) in [7, 11) is 1.61. The molecule has 0 saturated carbocycles. The van der Waals surface area contributed by atoms with Gasteiger partial charge in [0.05, 0.1) is 52.1 Å². The summed E-state index contributed by atoms with van der Waals surface area (Å²) >= 11 is 1.36. The SMILES string of the molecule is COc1ccc(C(OC[C@H]2O[C@@H](n3ccc(SCCC#N)nc3=O)C[C@H]2OP(OCCC#N)N(C(C)C)C(C)C)(c2ccccc2)c2ccc(OC)cc2)cc1. The van der Waals surface area contributed by atoms with E-state index in [-0.39, 0.29) is 31.7 Å². The van der Waals surface area contributed by atoms with Crippen LogP contribution in [0.2, 0.25) is 0 Å². The first kappa shape index (κ1) is 42.8. The number of rotatable bonds is 20. The molecule has 1 fully saturated rings. The molecule has 1 aromatic heterocycles. The average Bonchev–Trinajstić information content (AvgIpc) is 3.60. The number of thioether (sulfide) groups is 1. The van der Waals surface area contributed by atoms with E-state index in [4.69, 9.17) is 33.3 Å². The van der Waals surface area contributed by atoms with Crippen LogP contribution in [0.25, 0.3) is 0 Å². The molecule has 12 nitrogen and oxygen atoms in total. The summed E-state index contributed by atoms with van der Waals surface area (Å²) in [6, 6.07) is 31.8. The van der Waals surface area contributed by atoms with Gasteiger partial charge in [0, 0.05) is 36.9 Å². The average molecular weight is 800 g/mol. The Morgan fingerprint density at radius 2 is 1.48 bits per heavy atom. The first-order valence-electron chi connectivity index (χ1n) is 18.6. The largest absolute Gasteiger partial charge is 0.497 e. The van der Waals surface area contributed by atoms with Crippen molar-refractivity contribution in [3.8, 4) is 23.6 Å². The van der Waals surface area contributed by atoms with Gasteiger partial charge in [-0.3, -0.25) is 4.57 Å². The van der Waals surface area contributed by atoms with Gasteiger partial charge in [0.2, 0.25) is 0 Å². The third kappa shape index (κ3) is 10.4. The zero-order chi connectivity index (χ0) is 40.1. The lowest BCUT2D eigenvalue weighted by molar-refractivity contribution is -0.0926. The number of nitrogens with zero attached hydrogens (tertiary/aromatic N) is 5. The third-order valence-corrected chi connectivity index (χ3v) is 12.4. The molecular formula is C42H50N5O7PS. The predicted octanol–water partition coefficient (Wildman–Crippen LogP) is 8.22. The number of aromatic nitrogens is 2. The fourth-order valence-electron chi connectivity index (χ4n) is 6.72. The Morgan fingerprint density at radius 1 is 0.893 bits per heavy atom. The summed E-state index contributed by atoms with van der Waals surface area (Å²) in [4.78, 5) is 17.8. The van der Waals surface area contributed by atoms with E-state index in [1.807, 2.05) is 78.9 Å². The van der Waals surface area contributed by atoms with Crippen molar-refractivity contribution in [3.05, 3.63) is 118 Å². The molecular weight excluding hydrogens is 750 g/mol. The number of hydrogen-bond donors (Lipinski definition) is 0. The zero-order valence-electron chi connectivity index (χ0n) is 32.7. The minimum atomic E-state index is -1.66. The Hall–Kier alpha value is -4.30. The minimum absolute atomic E-state index is 0.0587. The van der Waals surface area contributed by atoms with Crippen LogP contribution in [0.1, 0.15) is 69.9 Å². The maximum Gasteiger partial charge on any atom is 0.350 e. The van der Waals surface area contributed by atoms with Gasteiger partial charge < -0.3 is 28.0 Å². The molecule has 1 aliphatic rings. The molecule has 0 bridgehead atoms. The highest BCUT2D eigenvalue weighted by Gasteiger charge is 2.45. The van der Waals surface area contributed by atoms with Crippen LogP contribution in [0.3, 0.4) is 0 Å². The summed E-state index contributed by atoms with van der Waals surface area (Å²) in [5.74, 6) is 1.95. The standard InChI is InChI=1S/C42H50N5O7PS/c1-30(2)47(31(3)4)55(52-26-10-23-43)54-37-28-40(46-25-22-39(45-41(46)48)56-27-11-24-44)53-38(37)29-51-42(32-12-8-7-9-13-32,33-14-18-35(49-5)19-15-33)34-16-20-36(50-6)21-17-34/h7-9,12-22,25,30-31,37-38,40H,10-11,26-29H2,1-6H3/t37-,38-,40-,55?/m1/s1. The van der Waals surface area contributed by atoms with Crippen LogP contribution < -0.4 is 15.2 Å². The molecule has 1 aliphatic heterocycles. The van der Waals surface area contributed by atoms with Gasteiger partial charge in [-0.15, -0.1) is 11.8 Å². The highest BCUT2D eigenvalue weighted by Crippen LogP contribution is 2.50. The lowest BCUT2D eigenvalue weighted by atomic mass is 9.80. The molecule has 0 radical (unpaired) electrons. The lowest BCUT2D eigenvalue weighted by Crippen LogP contribution is -2.39. The zero-order valence-corrected chi connectivity index (χ0v) is 34.4. The van der Waals surface area contributed by atoms with Gasteiger partial charge in [0.1, 0.15) is 34.5 Å². The molecule has 2 heterocycles. The van der Waals surface area contributed by atoms with Crippen molar-refractivity contribution >= 4 is 20.3 Å². The minimum Gasteiger partial charge on any atom is -0.497 e. The van der Waals surface area contributed by atoms with Gasteiger partial charge >= 0.3 is 5.69 Å². The second-order valence-corrected chi connectivity index (χ2v) is 16.1. The summed E-state index contributed by atoms with van der Waals surface area (Å²) < 4.78 is 42.0. The number of nitriles is 2. The van der Waals surface area contributed by atoms with Crippen LogP contribution in [-0.2, 0) is 24.1 Å². The molecule has 5 rings (SSSR count). The van der Waals surface area contributed by atoms with Gasteiger partial charge in [-0.1, -0.05) is 54.6 Å². The number of benzene rings is 3. The topological polar surface area (TPSA) is 141 Å². The molecule has 1 saturated heterocycles. The molecule has 0 N–H and O–H groups in total. The normalized spacial score (nSPS) is 17.5. The summed E-state index contributed by atoms with van der Waals surface area (Å²) in [5, 5.41) is 18.8. The molecule has 56 heavy (non-hydrogen) atoms. The summed E-state index contributed by atoms with van der Waals surface area (Å²) in [5.41, 5.74) is 1.02. The van der Waals surface area contributed by atoms with Gasteiger partial charge in [0.25, 0.3) is 8.53 Å². The van der Waals surface area contributed by atoms with E-state index in [9.17, 15) is 10.1 Å².